The Morgan fingerprint density at radius 2 is 1.57 bits per heavy atom. The number of imide groups is 1. The van der Waals surface area contributed by atoms with Crippen LogP contribution in [-0.2, 0) is 16.1 Å². The van der Waals surface area contributed by atoms with Gasteiger partial charge in [0, 0.05) is 43.2 Å². The molecular formula is C29H34N4O4. The molecule has 8 nitrogen and oxygen atoms in total. The minimum absolute atomic E-state index is 0.183. The maximum atomic E-state index is 13.1. The van der Waals surface area contributed by atoms with Gasteiger partial charge in [-0.1, -0.05) is 37.3 Å². The first-order chi connectivity index (χ1) is 17.7. The zero-order valence-corrected chi connectivity index (χ0v) is 21.8. The topological polar surface area (TPSA) is 101 Å². The summed E-state index contributed by atoms with van der Waals surface area (Å²) in [5.74, 6) is -0.566. The summed E-state index contributed by atoms with van der Waals surface area (Å²) in [6.07, 6.45) is 3.11. The van der Waals surface area contributed by atoms with Gasteiger partial charge < -0.3 is 15.4 Å². The Labute approximate surface area is 218 Å². The van der Waals surface area contributed by atoms with E-state index in [1.807, 2.05) is 63.2 Å². The molecule has 2 aromatic carbocycles. The molecular weight excluding hydrogens is 468 g/mol. The van der Waals surface area contributed by atoms with Gasteiger partial charge >= 0.3 is 6.09 Å². The zero-order chi connectivity index (χ0) is 26.8. The molecule has 1 heterocycles. The lowest BCUT2D eigenvalue weighted by atomic mass is 10.0. The highest BCUT2D eigenvalue weighted by Gasteiger charge is 2.22. The lowest BCUT2D eigenvalue weighted by Gasteiger charge is -2.20. The molecule has 3 amide bonds. The van der Waals surface area contributed by atoms with E-state index in [0.717, 1.165) is 22.4 Å². The van der Waals surface area contributed by atoms with Gasteiger partial charge in [-0.15, -0.1) is 0 Å². The van der Waals surface area contributed by atoms with Crippen molar-refractivity contribution in [2.75, 3.05) is 18.4 Å². The fourth-order valence-corrected chi connectivity index (χ4v) is 3.57. The first-order valence-electron chi connectivity index (χ1n) is 12.3. The monoisotopic (exact) mass is 502 g/mol. The number of pyridine rings is 1. The van der Waals surface area contributed by atoms with Crippen molar-refractivity contribution in [2.24, 2.45) is 0 Å². The zero-order valence-electron chi connectivity index (χ0n) is 21.8. The Bertz CT molecular complexity index is 1190. The van der Waals surface area contributed by atoms with Crippen LogP contribution in [0, 0.1) is 0 Å². The van der Waals surface area contributed by atoms with Crippen molar-refractivity contribution in [1.29, 1.82) is 0 Å². The van der Waals surface area contributed by atoms with Gasteiger partial charge in [-0.2, -0.15) is 0 Å². The van der Waals surface area contributed by atoms with Crippen LogP contribution in [-0.4, -0.2) is 46.5 Å². The number of nitrogens with one attached hydrogen (secondary N) is 2. The van der Waals surface area contributed by atoms with Crippen LogP contribution in [0.5, 0.6) is 0 Å². The third-order valence-electron chi connectivity index (χ3n) is 5.38. The standard InChI is InChI=1S/C29H34N4O4/c1-5-26(34)33(20-21-7-6-16-30-19-21)27(35)24-10-8-22(9-11-24)23-12-14-25(15-13-23)31-17-18-32-28(36)37-29(2,3)4/h6-16,19,31H,5,17-18,20H2,1-4H3,(H,32,36). The van der Waals surface area contributed by atoms with Gasteiger partial charge in [0.25, 0.3) is 5.91 Å². The molecule has 0 aliphatic carbocycles. The fraction of sp³-hybridized carbons (Fsp3) is 0.310. The second-order valence-corrected chi connectivity index (χ2v) is 9.51. The van der Waals surface area contributed by atoms with Crippen LogP contribution >= 0.6 is 0 Å². The lowest BCUT2D eigenvalue weighted by molar-refractivity contribution is -0.128. The quantitative estimate of drug-likeness (QED) is 0.387. The number of rotatable bonds is 9. The second-order valence-electron chi connectivity index (χ2n) is 9.51. The van der Waals surface area contributed by atoms with Crippen molar-refractivity contribution in [3.05, 3.63) is 84.2 Å². The average Bonchev–Trinajstić information content (AvgIpc) is 2.89. The van der Waals surface area contributed by atoms with E-state index in [1.54, 1.807) is 37.5 Å². The van der Waals surface area contributed by atoms with Crippen LogP contribution in [0.1, 0.15) is 50.0 Å². The van der Waals surface area contributed by atoms with Crippen molar-refractivity contribution in [3.63, 3.8) is 0 Å². The summed E-state index contributed by atoms with van der Waals surface area (Å²) in [7, 11) is 0. The molecule has 3 rings (SSSR count). The summed E-state index contributed by atoms with van der Waals surface area (Å²) in [6.45, 7) is 8.39. The maximum Gasteiger partial charge on any atom is 0.407 e. The molecule has 0 saturated carbocycles. The summed E-state index contributed by atoms with van der Waals surface area (Å²) < 4.78 is 5.21. The number of carbonyl (C=O) groups excluding carboxylic acids is 3. The number of amides is 3. The third-order valence-corrected chi connectivity index (χ3v) is 5.38. The number of alkyl carbamates (subject to hydrolysis) is 1. The molecule has 0 saturated heterocycles. The van der Waals surface area contributed by atoms with E-state index in [4.69, 9.17) is 4.74 Å². The molecule has 0 bridgehead atoms. The van der Waals surface area contributed by atoms with Gasteiger partial charge in [0.15, 0.2) is 0 Å². The molecule has 0 spiro atoms. The molecule has 0 aliphatic heterocycles. The van der Waals surface area contributed by atoms with Gasteiger partial charge in [0.1, 0.15) is 5.60 Å². The van der Waals surface area contributed by atoms with Crippen LogP contribution in [0.4, 0.5) is 10.5 Å². The van der Waals surface area contributed by atoms with Gasteiger partial charge in [-0.25, -0.2) is 4.79 Å². The largest absolute Gasteiger partial charge is 0.444 e. The molecule has 0 radical (unpaired) electrons. The molecule has 0 unspecified atom stereocenters. The van der Waals surface area contributed by atoms with Gasteiger partial charge in [-0.3, -0.25) is 19.5 Å². The first kappa shape index (κ1) is 27.4. The van der Waals surface area contributed by atoms with Gasteiger partial charge in [0.05, 0.1) is 6.54 Å². The number of hydrogen-bond donors (Lipinski definition) is 2. The van der Waals surface area contributed by atoms with Crippen molar-refractivity contribution in [2.45, 2.75) is 46.3 Å². The van der Waals surface area contributed by atoms with E-state index in [2.05, 4.69) is 15.6 Å². The van der Waals surface area contributed by atoms with Crippen molar-refractivity contribution in [1.82, 2.24) is 15.2 Å². The van der Waals surface area contributed by atoms with Crippen LogP contribution < -0.4 is 10.6 Å². The van der Waals surface area contributed by atoms with E-state index in [0.29, 0.717) is 18.7 Å². The first-order valence-corrected chi connectivity index (χ1v) is 12.3. The molecule has 194 valence electrons. The predicted molar refractivity (Wildman–Crippen MR) is 144 cm³/mol. The number of carbonyl (C=O) groups is 3. The fourth-order valence-electron chi connectivity index (χ4n) is 3.57. The molecule has 37 heavy (non-hydrogen) atoms. The number of nitrogens with zero attached hydrogens (tertiary/aromatic N) is 2. The van der Waals surface area contributed by atoms with E-state index in [-0.39, 0.29) is 24.8 Å². The SMILES string of the molecule is CCC(=O)N(Cc1cccnc1)C(=O)c1ccc(-c2ccc(NCCNC(=O)OC(C)(C)C)cc2)cc1. The van der Waals surface area contributed by atoms with E-state index >= 15 is 0 Å². The Kier molecular flexibility index (Phi) is 9.38. The highest BCUT2D eigenvalue weighted by Crippen LogP contribution is 2.23. The predicted octanol–water partition coefficient (Wildman–Crippen LogP) is 5.26. The molecule has 8 heteroatoms. The Morgan fingerprint density at radius 3 is 2.14 bits per heavy atom. The maximum absolute atomic E-state index is 13.1. The van der Waals surface area contributed by atoms with E-state index in [1.165, 1.54) is 4.90 Å². The van der Waals surface area contributed by atoms with E-state index < -0.39 is 11.7 Å². The van der Waals surface area contributed by atoms with Gasteiger partial charge in [0.2, 0.25) is 5.91 Å². The smallest absolute Gasteiger partial charge is 0.407 e. The van der Waals surface area contributed by atoms with Crippen LogP contribution in [0.2, 0.25) is 0 Å². The van der Waals surface area contributed by atoms with Crippen molar-refractivity contribution in [3.8, 4) is 11.1 Å². The number of ether oxygens (including phenoxy) is 1. The molecule has 2 N–H and O–H groups in total. The summed E-state index contributed by atoms with van der Waals surface area (Å²) in [4.78, 5) is 42.6. The summed E-state index contributed by atoms with van der Waals surface area (Å²) >= 11 is 0. The minimum atomic E-state index is -0.523. The van der Waals surface area contributed by atoms with Crippen LogP contribution in [0.15, 0.2) is 73.1 Å². The number of aromatic nitrogens is 1. The normalized spacial score (nSPS) is 10.9. The van der Waals surface area contributed by atoms with Crippen molar-refractivity contribution >= 4 is 23.6 Å². The van der Waals surface area contributed by atoms with Gasteiger partial charge in [-0.05, 0) is 67.8 Å². The highest BCUT2D eigenvalue weighted by molar-refractivity contribution is 6.04. The average molecular weight is 503 g/mol. The molecule has 3 aromatic rings. The second kappa shape index (κ2) is 12.7. The van der Waals surface area contributed by atoms with Crippen LogP contribution in [0.3, 0.4) is 0 Å². The highest BCUT2D eigenvalue weighted by atomic mass is 16.6. The third kappa shape index (κ3) is 8.45. The number of anilines is 1. The molecule has 0 atom stereocenters. The number of benzene rings is 2. The number of hydrogen-bond acceptors (Lipinski definition) is 6. The summed E-state index contributed by atoms with van der Waals surface area (Å²) in [6, 6.07) is 18.7. The minimum Gasteiger partial charge on any atom is -0.444 e. The lowest BCUT2D eigenvalue weighted by Crippen LogP contribution is -2.36. The van der Waals surface area contributed by atoms with Crippen LogP contribution in [0.25, 0.3) is 11.1 Å². The molecule has 1 aromatic heterocycles. The Hall–Kier alpha value is -4.20. The Morgan fingerprint density at radius 1 is 0.919 bits per heavy atom. The van der Waals surface area contributed by atoms with Crippen molar-refractivity contribution < 1.29 is 19.1 Å². The van der Waals surface area contributed by atoms with E-state index in [9.17, 15) is 14.4 Å². The summed E-state index contributed by atoms with van der Waals surface area (Å²) in [5, 5.41) is 5.97. The summed E-state index contributed by atoms with van der Waals surface area (Å²) in [5.41, 5.74) is 3.59. The Balaban J connectivity index is 1.58. The molecule has 0 fully saturated rings. The molecule has 0 aliphatic rings.